The Bertz CT molecular complexity index is 351. The molecule has 96 valence electrons. The van der Waals surface area contributed by atoms with Gasteiger partial charge in [-0.25, -0.2) is 30.6 Å². The highest BCUT2D eigenvalue weighted by molar-refractivity contribution is 5.97. The number of isocyanates is 3. The van der Waals surface area contributed by atoms with Crippen LogP contribution in [0.25, 0.3) is 0 Å². The molecule has 3 N–H and O–H groups in total. The van der Waals surface area contributed by atoms with E-state index >= 15 is 0 Å². The number of rotatable bonds is 2. The first-order valence-electron chi connectivity index (χ1n) is 4.32. The van der Waals surface area contributed by atoms with Crippen LogP contribution in [0.2, 0.25) is 0 Å². The molecule has 0 aliphatic heterocycles. The summed E-state index contributed by atoms with van der Waals surface area (Å²) in [5, 5.41) is 16.2. The van der Waals surface area contributed by atoms with Crippen LogP contribution in [0.3, 0.4) is 0 Å². The Balaban J connectivity index is -0.000000210. The topological polar surface area (TPSA) is 132 Å². The molecule has 0 heterocycles. The molecule has 1 aromatic carbocycles. The lowest BCUT2D eigenvalue weighted by Crippen LogP contribution is -1.85. The van der Waals surface area contributed by atoms with Crippen LogP contribution in [0.5, 0.6) is 0 Å². The van der Waals surface area contributed by atoms with Crippen LogP contribution in [0, 0.1) is 16.2 Å². The highest BCUT2D eigenvalue weighted by atomic mass is 28.2. The zero-order chi connectivity index (χ0) is 14.6. The average Bonchev–Trinajstić information content (AvgIpc) is 2.34. The molecule has 1 rings (SSSR count). The summed E-state index contributed by atoms with van der Waals surface area (Å²) in [5.41, 5.74) is 1.26. The summed E-state index contributed by atoms with van der Waals surface area (Å²) in [6.45, 7) is 0.771. The van der Waals surface area contributed by atoms with E-state index in [1.165, 1.54) is 5.56 Å². The van der Waals surface area contributed by atoms with Gasteiger partial charge in [0.25, 0.3) is 0 Å². The second-order valence-corrected chi connectivity index (χ2v) is 2.80. The maximum Gasteiger partial charge on any atom is 0.231 e. The van der Waals surface area contributed by atoms with E-state index in [-0.39, 0.29) is 0 Å². The van der Waals surface area contributed by atoms with Crippen LogP contribution in [0.1, 0.15) is 5.56 Å². The third kappa shape index (κ3) is 29.2. The lowest BCUT2D eigenvalue weighted by Gasteiger charge is -1.95. The molecule has 1 aromatic rings. The second kappa shape index (κ2) is 24.0. The molecule has 0 saturated heterocycles. The Morgan fingerprint density at radius 2 is 1.28 bits per heavy atom. The lowest BCUT2D eigenvalue weighted by molar-refractivity contribution is 0.338. The van der Waals surface area contributed by atoms with Gasteiger partial charge in [0.15, 0.2) is 0 Å². The first-order chi connectivity index (χ1) is 8.67. The number of nitrogens with one attached hydrogen (secondary N) is 3. The average molecular weight is 267 g/mol. The molecule has 0 spiro atoms. The maximum absolute atomic E-state index is 8.35. The van der Waals surface area contributed by atoms with Gasteiger partial charge >= 0.3 is 0 Å². The van der Waals surface area contributed by atoms with Crippen molar-refractivity contribution in [2.45, 2.75) is 6.61 Å². The minimum Gasteiger partial charge on any atom is -0.424 e. The SMILES string of the molecule is N=C=O.N=C=O.N=C=O.[SiH3]OCc1ccccc1. The van der Waals surface area contributed by atoms with Crippen molar-refractivity contribution in [1.82, 2.24) is 0 Å². The van der Waals surface area contributed by atoms with Crippen molar-refractivity contribution in [2.75, 3.05) is 0 Å². The smallest absolute Gasteiger partial charge is 0.231 e. The third-order valence-electron chi connectivity index (χ3n) is 1.15. The van der Waals surface area contributed by atoms with Crippen molar-refractivity contribution in [3.63, 3.8) is 0 Å². The van der Waals surface area contributed by atoms with Crippen molar-refractivity contribution >= 4 is 28.7 Å². The van der Waals surface area contributed by atoms with E-state index in [2.05, 4.69) is 12.1 Å². The van der Waals surface area contributed by atoms with E-state index in [4.69, 9.17) is 35.0 Å². The molecule has 18 heavy (non-hydrogen) atoms. The van der Waals surface area contributed by atoms with Gasteiger partial charge in [-0.1, -0.05) is 30.3 Å². The molecular formula is C10H13N3O4Si. The fraction of sp³-hybridized carbons (Fsp3) is 0.100. The Kier molecular flexibility index (Phi) is 27.8. The Morgan fingerprint density at radius 1 is 0.944 bits per heavy atom. The van der Waals surface area contributed by atoms with Crippen LogP contribution >= 0.6 is 0 Å². The largest absolute Gasteiger partial charge is 0.424 e. The van der Waals surface area contributed by atoms with Crippen molar-refractivity contribution in [2.24, 2.45) is 0 Å². The van der Waals surface area contributed by atoms with Gasteiger partial charge in [0.05, 0.1) is 6.61 Å². The van der Waals surface area contributed by atoms with Crippen molar-refractivity contribution in [3.8, 4) is 0 Å². The summed E-state index contributed by atoms with van der Waals surface area (Å²) < 4.78 is 5.07. The predicted octanol–water partition coefficient (Wildman–Crippen LogP) is 0.187. The highest BCUT2D eigenvalue weighted by Crippen LogP contribution is 1.97. The summed E-state index contributed by atoms with van der Waals surface area (Å²) in [6, 6.07) is 10.2. The van der Waals surface area contributed by atoms with E-state index in [1.54, 1.807) is 0 Å². The van der Waals surface area contributed by atoms with E-state index < -0.39 is 0 Å². The predicted molar refractivity (Wildman–Crippen MR) is 66.4 cm³/mol. The van der Waals surface area contributed by atoms with Gasteiger partial charge in [0.2, 0.25) is 18.2 Å². The van der Waals surface area contributed by atoms with Crippen LogP contribution in [-0.4, -0.2) is 28.7 Å². The summed E-state index contributed by atoms with van der Waals surface area (Å²) in [7, 11) is 0.824. The Morgan fingerprint density at radius 3 is 1.56 bits per heavy atom. The quantitative estimate of drug-likeness (QED) is 0.400. The summed E-state index contributed by atoms with van der Waals surface area (Å²) in [6.07, 6.45) is 2.25. The fourth-order valence-electron chi connectivity index (χ4n) is 0.741. The number of hydrogen-bond acceptors (Lipinski definition) is 7. The molecule has 0 aromatic heterocycles. The Labute approximate surface area is 107 Å². The van der Waals surface area contributed by atoms with E-state index in [9.17, 15) is 0 Å². The first kappa shape index (κ1) is 20.9. The van der Waals surface area contributed by atoms with Gasteiger partial charge in [0, 0.05) is 0 Å². The van der Waals surface area contributed by atoms with Crippen molar-refractivity contribution in [3.05, 3.63) is 35.9 Å². The number of hydrogen-bond donors (Lipinski definition) is 3. The van der Waals surface area contributed by atoms with Crippen LogP contribution < -0.4 is 0 Å². The summed E-state index contributed by atoms with van der Waals surface area (Å²) in [4.78, 5) is 25.0. The van der Waals surface area contributed by atoms with Gasteiger partial charge in [-0.05, 0) is 5.56 Å². The molecule has 0 saturated carbocycles. The van der Waals surface area contributed by atoms with Crippen molar-refractivity contribution < 1.29 is 18.8 Å². The normalized spacial score (nSPS) is 6.22. The second-order valence-electron chi connectivity index (χ2n) is 2.22. The standard InChI is InChI=1S/C7H10OSi.3CHNO/c9-8-6-7-4-2-1-3-5-7;3*2-1-3/h1-5H,6H2,9H3;3*2H. The van der Waals surface area contributed by atoms with Crippen LogP contribution in [0.15, 0.2) is 30.3 Å². The van der Waals surface area contributed by atoms with Gasteiger partial charge in [-0.15, -0.1) is 0 Å². The van der Waals surface area contributed by atoms with Gasteiger partial charge in [-0.3, -0.25) is 0 Å². The van der Waals surface area contributed by atoms with E-state index in [1.807, 2.05) is 18.2 Å². The van der Waals surface area contributed by atoms with Gasteiger partial charge < -0.3 is 4.43 Å². The zero-order valence-corrected chi connectivity index (χ0v) is 11.7. The fourth-order valence-corrected chi connectivity index (χ4v) is 1.07. The molecule has 0 aliphatic carbocycles. The molecule has 0 unspecified atom stereocenters. The minimum atomic E-state index is 0.750. The highest BCUT2D eigenvalue weighted by Gasteiger charge is 1.84. The molecule has 0 radical (unpaired) electrons. The molecule has 0 amide bonds. The first-order valence-corrected chi connectivity index (χ1v) is 5.14. The van der Waals surface area contributed by atoms with Crippen LogP contribution in [-0.2, 0) is 25.4 Å². The minimum absolute atomic E-state index is 0.750. The molecule has 7 nitrogen and oxygen atoms in total. The molecule has 0 aliphatic rings. The lowest BCUT2D eigenvalue weighted by atomic mass is 10.2. The summed E-state index contributed by atoms with van der Waals surface area (Å²) in [5.74, 6) is 0. The Hall–Kier alpha value is -2.46. The molecule has 8 heteroatoms. The number of benzene rings is 1. The van der Waals surface area contributed by atoms with E-state index in [0.29, 0.717) is 0 Å². The number of carbonyl (C=O) groups excluding carboxylic acids is 3. The van der Waals surface area contributed by atoms with E-state index in [0.717, 1.165) is 35.3 Å². The van der Waals surface area contributed by atoms with Gasteiger partial charge in [0.1, 0.15) is 10.5 Å². The molecule has 0 fully saturated rings. The maximum atomic E-state index is 8.35. The zero-order valence-electron chi connectivity index (χ0n) is 9.73. The monoisotopic (exact) mass is 267 g/mol. The van der Waals surface area contributed by atoms with Crippen LogP contribution in [0.4, 0.5) is 0 Å². The summed E-state index contributed by atoms with van der Waals surface area (Å²) >= 11 is 0. The molecular weight excluding hydrogens is 254 g/mol. The molecule has 0 atom stereocenters. The van der Waals surface area contributed by atoms with Gasteiger partial charge in [-0.2, -0.15) is 0 Å². The molecule has 0 bridgehead atoms. The third-order valence-corrected chi connectivity index (χ3v) is 1.44. The van der Waals surface area contributed by atoms with Crippen molar-refractivity contribution in [1.29, 1.82) is 16.2 Å².